The second kappa shape index (κ2) is 11.8. The summed E-state index contributed by atoms with van der Waals surface area (Å²) in [6.45, 7) is 1.97. The third kappa shape index (κ3) is 6.70. The SMILES string of the molecule is CN=C(NCCCNC(=O)c1cccs1)NCCc1c[nH]c2ccc(F)cc12.I. The highest BCUT2D eigenvalue weighted by Crippen LogP contribution is 2.19. The lowest BCUT2D eigenvalue weighted by Crippen LogP contribution is -2.39. The first-order valence-electron chi connectivity index (χ1n) is 9.19. The normalized spacial score (nSPS) is 11.2. The first kappa shape index (κ1) is 23.1. The van der Waals surface area contributed by atoms with Crippen LogP contribution in [0.5, 0.6) is 0 Å². The van der Waals surface area contributed by atoms with Crippen LogP contribution in [-0.2, 0) is 6.42 Å². The minimum atomic E-state index is -0.232. The van der Waals surface area contributed by atoms with Crippen molar-refractivity contribution < 1.29 is 9.18 Å². The van der Waals surface area contributed by atoms with Crippen LogP contribution in [0.15, 0.2) is 46.9 Å². The van der Waals surface area contributed by atoms with Crippen LogP contribution in [0, 0.1) is 5.82 Å². The number of amides is 1. The van der Waals surface area contributed by atoms with Gasteiger partial charge in [-0.05, 0) is 48.1 Å². The molecule has 0 saturated heterocycles. The van der Waals surface area contributed by atoms with Gasteiger partial charge in [0.25, 0.3) is 5.91 Å². The molecule has 3 aromatic rings. The standard InChI is InChI=1S/C20H24FN5OS.HI/c1-22-20(24-9-3-8-23-19(27)18-4-2-11-28-18)25-10-7-14-13-26-17-6-5-15(21)12-16(14)17;/h2,4-6,11-13,26H,3,7-10H2,1H3,(H,23,27)(H2,22,24,25);1H. The number of carbonyl (C=O) groups is 1. The number of fused-ring (bicyclic) bond motifs is 1. The quantitative estimate of drug-likeness (QED) is 0.156. The molecule has 0 spiro atoms. The summed E-state index contributed by atoms with van der Waals surface area (Å²) in [7, 11) is 1.72. The molecule has 0 saturated carbocycles. The fraction of sp³-hybridized carbons (Fsp3) is 0.300. The average molecular weight is 529 g/mol. The maximum Gasteiger partial charge on any atom is 0.261 e. The van der Waals surface area contributed by atoms with E-state index in [1.807, 2.05) is 23.7 Å². The Morgan fingerprint density at radius 1 is 1.17 bits per heavy atom. The van der Waals surface area contributed by atoms with E-state index < -0.39 is 0 Å². The molecule has 1 amide bonds. The number of hydrogen-bond donors (Lipinski definition) is 4. The predicted octanol–water partition coefficient (Wildman–Crippen LogP) is 3.51. The molecule has 1 aromatic carbocycles. The Kier molecular flexibility index (Phi) is 9.39. The van der Waals surface area contributed by atoms with Crippen molar-refractivity contribution >= 4 is 58.1 Å². The zero-order valence-corrected chi connectivity index (χ0v) is 19.3. The Hall–Kier alpha value is -2.14. The molecule has 0 atom stereocenters. The minimum Gasteiger partial charge on any atom is -0.361 e. The molecule has 0 fully saturated rings. The van der Waals surface area contributed by atoms with Crippen LogP contribution in [0.3, 0.4) is 0 Å². The van der Waals surface area contributed by atoms with Crippen LogP contribution in [0.2, 0.25) is 0 Å². The fourth-order valence-electron chi connectivity index (χ4n) is 2.89. The highest BCUT2D eigenvalue weighted by Gasteiger charge is 2.06. The molecule has 9 heteroatoms. The molecule has 0 bridgehead atoms. The third-order valence-electron chi connectivity index (χ3n) is 4.32. The first-order valence-corrected chi connectivity index (χ1v) is 10.1. The number of nitrogens with one attached hydrogen (secondary N) is 4. The summed E-state index contributed by atoms with van der Waals surface area (Å²) in [6, 6.07) is 8.43. The van der Waals surface area contributed by atoms with Crippen LogP contribution < -0.4 is 16.0 Å². The Morgan fingerprint density at radius 2 is 1.97 bits per heavy atom. The van der Waals surface area contributed by atoms with Crippen molar-refractivity contribution in [3.05, 3.63) is 58.2 Å². The van der Waals surface area contributed by atoms with Crippen LogP contribution in [0.1, 0.15) is 21.7 Å². The largest absolute Gasteiger partial charge is 0.361 e. The molecule has 0 radical (unpaired) electrons. The minimum absolute atomic E-state index is 0. The summed E-state index contributed by atoms with van der Waals surface area (Å²) < 4.78 is 13.4. The molecule has 0 aliphatic carbocycles. The molecule has 156 valence electrons. The fourth-order valence-corrected chi connectivity index (χ4v) is 3.53. The summed E-state index contributed by atoms with van der Waals surface area (Å²) in [6.07, 6.45) is 3.46. The summed E-state index contributed by atoms with van der Waals surface area (Å²) in [5.41, 5.74) is 2.00. The van der Waals surface area contributed by atoms with Crippen molar-refractivity contribution in [1.29, 1.82) is 0 Å². The molecular weight excluding hydrogens is 504 g/mol. The Labute approximate surface area is 190 Å². The molecule has 4 N–H and O–H groups in total. The molecule has 6 nitrogen and oxygen atoms in total. The number of nitrogens with zero attached hydrogens (tertiary/aromatic N) is 1. The second-order valence-electron chi connectivity index (χ2n) is 6.27. The molecule has 0 aliphatic rings. The zero-order valence-electron chi connectivity index (χ0n) is 16.1. The smallest absolute Gasteiger partial charge is 0.261 e. The van der Waals surface area contributed by atoms with Gasteiger partial charge in [0, 0.05) is 43.8 Å². The van der Waals surface area contributed by atoms with Gasteiger partial charge in [-0.2, -0.15) is 0 Å². The summed E-state index contributed by atoms with van der Waals surface area (Å²) in [5, 5.41) is 12.2. The molecule has 0 aliphatic heterocycles. The monoisotopic (exact) mass is 529 g/mol. The van der Waals surface area contributed by atoms with Crippen LogP contribution in [0.4, 0.5) is 4.39 Å². The van der Waals surface area contributed by atoms with E-state index in [1.54, 1.807) is 19.2 Å². The number of aromatic amines is 1. The van der Waals surface area contributed by atoms with E-state index in [2.05, 4.69) is 25.9 Å². The van der Waals surface area contributed by atoms with Crippen LogP contribution >= 0.6 is 35.3 Å². The van der Waals surface area contributed by atoms with Crippen molar-refractivity contribution in [3.63, 3.8) is 0 Å². The highest BCUT2D eigenvalue weighted by molar-refractivity contribution is 14.0. The number of thiophene rings is 1. The van der Waals surface area contributed by atoms with E-state index in [4.69, 9.17) is 0 Å². The van der Waals surface area contributed by atoms with E-state index in [-0.39, 0.29) is 35.7 Å². The van der Waals surface area contributed by atoms with Gasteiger partial charge in [0.15, 0.2) is 5.96 Å². The lowest BCUT2D eigenvalue weighted by atomic mass is 10.1. The number of benzene rings is 1. The highest BCUT2D eigenvalue weighted by atomic mass is 127. The van der Waals surface area contributed by atoms with E-state index in [9.17, 15) is 9.18 Å². The molecule has 0 unspecified atom stereocenters. The van der Waals surface area contributed by atoms with Gasteiger partial charge in [-0.15, -0.1) is 35.3 Å². The second-order valence-corrected chi connectivity index (χ2v) is 7.21. The molecule has 2 aromatic heterocycles. The number of H-pyrrole nitrogens is 1. The van der Waals surface area contributed by atoms with Crippen molar-refractivity contribution in [3.8, 4) is 0 Å². The van der Waals surface area contributed by atoms with Crippen molar-refractivity contribution in [2.45, 2.75) is 12.8 Å². The lowest BCUT2D eigenvalue weighted by Gasteiger charge is -2.12. The van der Waals surface area contributed by atoms with Crippen LogP contribution in [-0.4, -0.2) is 43.5 Å². The van der Waals surface area contributed by atoms with Crippen molar-refractivity contribution in [1.82, 2.24) is 20.9 Å². The molecule has 3 rings (SSSR count). The summed E-state index contributed by atoms with van der Waals surface area (Å²) in [4.78, 5) is 19.9. The predicted molar refractivity (Wildman–Crippen MR) is 128 cm³/mol. The molecule has 2 heterocycles. The van der Waals surface area contributed by atoms with Gasteiger partial charge in [0.2, 0.25) is 0 Å². The number of halogens is 2. The van der Waals surface area contributed by atoms with Crippen LogP contribution in [0.25, 0.3) is 10.9 Å². The average Bonchev–Trinajstić information content (AvgIpc) is 3.36. The molecule has 29 heavy (non-hydrogen) atoms. The third-order valence-corrected chi connectivity index (χ3v) is 5.19. The van der Waals surface area contributed by atoms with Gasteiger partial charge in [-0.3, -0.25) is 9.79 Å². The zero-order chi connectivity index (χ0) is 19.8. The van der Waals surface area contributed by atoms with E-state index in [0.29, 0.717) is 25.6 Å². The van der Waals surface area contributed by atoms with E-state index in [1.165, 1.54) is 17.4 Å². The van der Waals surface area contributed by atoms with Crippen molar-refractivity contribution in [2.75, 3.05) is 26.7 Å². The Morgan fingerprint density at radius 3 is 2.72 bits per heavy atom. The number of rotatable bonds is 8. The number of guanidine groups is 1. The topological polar surface area (TPSA) is 81.3 Å². The number of hydrogen-bond acceptors (Lipinski definition) is 3. The lowest BCUT2D eigenvalue weighted by molar-refractivity contribution is 0.0957. The first-order chi connectivity index (χ1) is 13.7. The summed E-state index contributed by atoms with van der Waals surface area (Å²) >= 11 is 1.43. The van der Waals surface area contributed by atoms with Gasteiger partial charge >= 0.3 is 0 Å². The van der Waals surface area contributed by atoms with Gasteiger partial charge in [-0.1, -0.05) is 6.07 Å². The van der Waals surface area contributed by atoms with E-state index >= 15 is 0 Å². The summed E-state index contributed by atoms with van der Waals surface area (Å²) in [5.74, 6) is 0.438. The maximum absolute atomic E-state index is 13.4. The maximum atomic E-state index is 13.4. The number of aliphatic imine (C=N–C) groups is 1. The molecular formula is C20H25FIN5OS. The van der Waals surface area contributed by atoms with Crippen molar-refractivity contribution in [2.24, 2.45) is 4.99 Å². The van der Waals surface area contributed by atoms with Gasteiger partial charge < -0.3 is 20.9 Å². The number of carbonyl (C=O) groups excluding carboxylic acids is 1. The van der Waals surface area contributed by atoms with E-state index in [0.717, 1.165) is 34.2 Å². The van der Waals surface area contributed by atoms with Gasteiger partial charge in [0.05, 0.1) is 4.88 Å². The number of aromatic nitrogens is 1. The van der Waals surface area contributed by atoms with Gasteiger partial charge in [-0.25, -0.2) is 4.39 Å². The van der Waals surface area contributed by atoms with Gasteiger partial charge in [0.1, 0.15) is 5.82 Å². The Balaban J connectivity index is 0.00000300. The Bertz CT molecular complexity index is 942.